The Balaban J connectivity index is 0. The van der Waals surface area contributed by atoms with E-state index >= 15 is 0 Å². The lowest BCUT2D eigenvalue weighted by atomic mass is 10.2. The molecule has 0 aromatic rings. The van der Waals surface area contributed by atoms with Crippen LogP contribution in [-0.2, 0) is 0 Å². The smallest absolute Gasteiger partial charge is 0.0782 e. The highest BCUT2D eigenvalue weighted by molar-refractivity contribution is 4.37. The van der Waals surface area contributed by atoms with Crippen LogP contribution in [0.15, 0.2) is 0 Å². The molecule has 0 radical (unpaired) electrons. The molecule has 0 unspecified atom stereocenters. The maximum Gasteiger partial charge on any atom is 0.0782 e. The summed E-state index contributed by atoms with van der Waals surface area (Å²) in [4.78, 5) is 0. The molecule has 0 saturated carbocycles. The van der Waals surface area contributed by atoms with Crippen LogP contribution in [0.2, 0.25) is 0 Å². The standard InChI is InChI=1S/C10H26N2.HI/c1-11(2,3)9-7-8-10-12(4,5)6;/h7-10H2,1-6H3;1H/q+2;/p-1. The molecule has 0 aliphatic rings. The highest BCUT2D eigenvalue weighted by Crippen LogP contribution is 2.00. The lowest BCUT2D eigenvalue weighted by Crippen LogP contribution is -3.00. The predicted octanol–water partition coefficient (Wildman–Crippen LogP) is -1.82. The quantitative estimate of drug-likeness (QED) is 0.319. The fourth-order valence-corrected chi connectivity index (χ4v) is 1.17. The second-order valence-electron chi connectivity index (χ2n) is 5.73. The summed E-state index contributed by atoms with van der Waals surface area (Å²) >= 11 is 0. The van der Waals surface area contributed by atoms with Crippen LogP contribution in [-0.4, -0.2) is 64.3 Å². The van der Waals surface area contributed by atoms with Crippen LogP contribution in [0.25, 0.3) is 0 Å². The van der Waals surface area contributed by atoms with E-state index in [-0.39, 0.29) is 24.0 Å². The number of hydrogen-bond acceptors (Lipinski definition) is 0. The summed E-state index contributed by atoms with van der Waals surface area (Å²) in [7, 11) is 13.5. The SMILES string of the molecule is C[N+](C)(C)CCCC[N+](C)(C)C.[I-]. The summed E-state index contributed by atoms with van der Waals surface area (Å²) in [6.07, 6.45) is 2.69. The lowest BCUT2D eigenvalue weighted by Gasteiger charge is -2.26. The van der Waals surface area contributed by atoms with E-state index in [1.165, 1.54) is 25.9 Å². The molecule has 0 heterocycles. The van der Waals surface area contributed by atoms with Gasteiger partial charge >= 0.3 is 0 Å². The molecule has 0 atom stereocenters. The van der Waals surface area contributed by atoms with Gasteiger partial charge in [0.2, 0.25) is 0 Å². The Labute approximate surface area is 101 Å². The van der Waals surface area contributed by atoms with E-state index in [1.807, 2.05) is 0 Å². The van der Waals surface area contributed by atoms with Gasteiger partial charge in [0.25, 0.3) is 0 Å². The van der Waals surface area contributed by atoms with Gasteiger partial charge in [-0.1, -0.05) is 0 Å². The molecule has 3 heteroatoms. The minimum Gasteiger partial charge on any atom is -1.00 e. The average molecular weight is 301 g/mol. The topological polar surface area (TPSA) is 0 Å². The molecule has 0 aliphatic heterocycles. The van der Waals surface area contributed by atoms with Crippen molar-refractivity contribution in [3.63, 3.8) is 0 Å². The third kappa shape index (κ3) is 15.4. The fourth-order valence-electron chi connectivity index (χ4n) is 1.17. The van der Waals surface area contributed by atoms with Gasteiger partial charge in [0.05, 0.1) is 55.4 Å². The van der Waals surface area contributed by atoms with Gasteiger partial charge in [-0.3, -0.25) is 0 Å². The summed E-state index contributed by atoms with van der Waals surface area (Å²) in [5.74, 6) is 0. The van der Waals surface area contributed by atoms with Crippen molar-refractivity contribution in [2.24, 2.45) is 0 Å². The van der Waals surface area contributed by atoms with Crippen molar-refractivity contribution in [2.45, 2.75) is 12.8 Å². The molecule has 0 aromatic carbocycles. The van der Waals surface area contributed by atoms with Crippen molar-refractivity contribution in [3.8, 4) is 0 Å². The van der Waals surface area contributed by atoms with Crippen molar-refractivity contribution >= 4 is 0 Å². The van der Waals surface area contributed by atoms with Gasteiger partial charge in [-0.25, -0.2) is 0 Å². The molecule has 0 amide bonds. The summed E-state index contributed by atoms with van der Waals surface area (Å²) in [6, 6.07) is 0. The monoisotopic (exact) mass is 301 g/mol. The third-order valence-electron chi connectivity index (χ3n) is 1.91. The van der Waals surface area contributed by atoms with Crippen molar-refractivity contribution in [2.75, 3.05) is 55.4 Å². The molecule has 0 bridgehead atoms. The number of hydrogen-bond donors (Lipinski definition) is 0. The van der Waals surface area contributed by atoms with Gasteiger partial charge < -0.3 is 32.9 Å². The molecular formula is C10H26IN2+. The van der Waals surface area contributed by atoms with Gasteiger partial charge in [0.15, 0.2) is 0 Å². The highest BCUT2D eigenvalue weighted by atomic mass is 127. The van der Waals surface area contributed by atoms with Crippen LogP contribution in [0.5, 0.6) is 0 Å². The Morgan fingerprint density at radius 2 is 0.846 bits per heavy atom. The third-order valence-corrected chi connectivity index (χ3v) is 1.91. The van der Waals surface area contributed by atoms with Crippen molar-refractivity contribution < 1.29 is 32.9 Å². The summed E-state index contributed by atoms with van der Waals surface area (Å²) in [6.45, 7) is 2.58. The molecule has 0 spiro atoms. The van der Waals surface area contributed by atoms with E-state index in [4.69, 9.17) is 0 Å². The molecule has 0 rings (SSSR count). The van der Waals surface area contributed by atoms with Crippen LogP contribution in [0.3, 0.4) is 0 Å². The Kier molecular flexibility index (Phi) is 7.67. The lowest BCUT2D eigenvalue weighted by molar-refractivity contribution is -0.877. The minimum absolute atomic E-state index is 0. The highest BCUT2D eigenvalue weighted by Gasteiger charge is 2.09. The largest absolute Gasteiger partial charge is 1.00 e. The van der Waals surface area contributed by atoms with E-state index in [1.54, 1.807) is 0 Å². The van der Waals surface area contributed by atoms with Crippen molar-refractivity contribution in [1.29, 1.82) is 0 Å². The van der Waals surface area contributed by atoms with E-state index in [0.29, 0.717) is 0 Å². The molecule has 82 valence electrons. The zero-order valence-electron chi connectivity index (χ0n) is 10.1. The maximum atomic E-state index is 2.26. The first kappa shape index (κ1) is 16.1. The fraction of sp³-hybridized carbons (Fsp3) is 1.00. The molecule has 0 aromatic heterocycles. The minimum atomic E-state index is 0. The van der Waals surface area contributed by atoms with Gasteiger partial charge in [-0.05, 0) is 0 Å². The number of quaternary nitrogens is 2. The normalized spacial score (nSPS) is 12.5. The van der Waals surface area contributed by atoms with E-state index < -0.39 is 0 Å². The van der Waals surface area contributed by atoms with Crippen LogP contribution in [0.1, 0.15) is 12.8 Å². The van der Waals surface area contributed by atoms with Crippen LogP contribution in [0, 0.1) is 0 Å². The second-order valence-corrected chi connectivity index (χ2v) is 5.73. The second kappa shape index (κ2) is 6.19. The molecule has 0 aliphatic carbocycles. The molecule has 0 fully saturated rings. The van der Waals surface area contributed by atoms with Gasteiger partial charge in [-0.2, -0.15) is 0 Å². The van der Waals surface area contributed by atoms with Gasteiger partial charge in [-0.15, -0.1) is 0 Å². The first-order chi connectivity index (χ1) is 5.21. The molecule has 13 heavy (non-hydrogen) atoms. The van der Waals surface area contributed by atoms with Crippen molar-refractivity contribution in [1.82, 2.24) is 0 Å². The molecule has 0 N–H and O–H groups in total. The Hall–Kier alpha value is 0.650. The van der Waals surface area contributed by atoms with Crippen LogP contribution < -0.4 is 24.0 Å². The summed E-state index contributed by atoms with van der Waals surface area (Å²) in [5, 5.41) is 0. The number of nitrogens with zero attached hydrogens (tertiary/aromatic N) is 2. The Bertz CT molecular complexity index is 106. The zero-order chi connectivity index (χ0) is 9.83. The van der Waals surface area contributed by atoms with E-state index in [2.05, 4.69) is 42.3 Å². The summed E-state index contributed by atoms with van der Waals surface area (Å²) in [5.41, 5.74) is 0. The Morgan fingerprint density at radius 3 is 1.00 bits per heavy atom. The van der Waals surface area contributed by atoms with Gasteiger partial charge in [0.1, 0.15) is 0 Å². The molecular weight excluding hydrogens is 275 g/mol. The van der Waals surface area contributed by atoms with E-state index in [0.717, 1.165) is 8.97 Å². The zero-order valence-corrected chi connectivity index (χ0v) is 12.3. The van der Waals surface area contributed by atoms with E-state index in [9.17, 15) is 0 Å². The maximum absolute atomic E-state index is 2.26. The van der Waals surface area contributed by atoms with Crippen LogP contribution >= 0.6 is 0 Å². The molecule has 0 saturated heterocycles. The summed E-state index contributed by atoms with van der Waals surface area (Å²) < 4.78 is 2.19. The number of halogens is 1. The van der Waals surface area contributed by atoms with Crippen molar-refractivity contribution in [3.05, 3.63) is 0 Å². The predicted molar refractivity (Wildman–Crippen MR) is 55.0 cm³/mol. The molecule has 2 nitrogen and oxygen atoms in total. The first-order valence-corrected chi connectivity index (χ1v) is 4.82. The average Bonchev–Trinajstić information content (AvgIpc) is 1.76. The first-order valence-electron chi connectivity index (χ1n) is 4.82. The number of rotatable bonds is 5. The Morgan fingerprint density at radius 1 is 0.615 bits per heavy atom. The van der Waals surface area contributed by atoms with Gasteiger partial charge in [0, 0.05) is 12.8 Å². The van der Waals surface area contributed by atoms with Crippen LogP contribution in [0.4, 0.5) is 0 Å². The number of unbranched alkanes of at least 4 members (excludes halogenated alkanes) is 1.